The van der Waals surface area contributed by atoms with Gasteiger partial charge < -0.3 is 15.3 Å². The van der Waals surface area contributed by atoms with E-state index in [2.05, 4.69) is 6.92 Å². The van der Waals surface area contributed by atoms with E-state index >= 15 is 0 Å². The third kappa shape index (κ3) is 2.40. The largest absolute Gasteiger partial charge is 0.395 e. The normalized spacial score (nSPS) is 35.5. The quantitative estimate of drug-likeness (QED) is 0.541. The minimum absolute atomic E-state index is 0.0814. The maximum atomic E-state index is 9.48. The molecular weight excluding hydrogens is 170 g/mol. The van der Waals surface area contributed by atoms with Crippen molar-refractivity contribution in [3.63, 3.8) is 0 Å². The van der Waals surface area contributed by atoms with Crippen LogP contribution in [-0.2, 0) is 0 Å². The van der Waals surface area contributed by atoms with Gasteiger partial charge in [0.15, 0.2) is 0 Å². The highest BCUT2D eigenvalue weighted by Crippen LogP contribution is 2.18. The molecular formula is C9H19NO3. The summed E-state index contributed by atoms with van der Waals surface area (Å²) in [6.07, 6.45) is 0.632. The smallest absolute Gasteiger partial charge is 0.0988 e. The zero-order chi connectivity index (χ0) is 9.84. The second kappa shape index (κ2) is 4.91. The van der Waals surface area contributed by atoms with Gasteiger partial charge in [-0.05, 0) is 13.0 Å². The Bertz CT molecular complexity index is 154. The van der Waals surface area contributed by atoms with E-state index in [4.69, 9.17) is 5.11 Å². The van der Waals surface area contributed by atoms with Crippen LogP contribution in [0, 0.1) is 0 Å². The summed E-state index contributed by atoms with van der Waals surface area (Å²) in [7, 11) is 0. The van der Waals surface area contributed by atoms with Gasteiger partial charge in [0.05, 0.1) is 24.9 Å². The van der Waals surface area contributed by atoms with Crippen LogP contribution < -0.4 is 0 Å². The molecule has 1 fully saturated rings. The van der Waals surface area contributed by atoms with Gasteiger partial charge in [-0.15, -0.1) is 0 Å². The third-order valence-corrected chi connectivity index (χ3v) is 2.66. The molecule has 1 rings (SSSR count). The first-order valence-corrected chi connectivity index (χ1v) is 4.91. The fourth-order valence-corrected chi connectivity index (χ4v) is 1.80. The second-order valence-electron chi connectivity index (χ2n) is 3.66. The average molecular weight is 189 g/mol. The zero-order valence-corrected chi connectivity index (χ0v) is 8.06. The zero-order valence-electron chi connectivity index (χ0n) is 8.06. The van der Waals surface area contributed by atoms with Gasteiger partial charge in [-0.25, -0.2) is 0 Å². The van der Waals surface area contributed by atoms with Crippen molar-refractivity contribution in [2.24, 2.45) is 0 Å². The van der Waals surface area contributed by atoms with Crippen molar-refractivity contribution in [1.82, 2.24) is 4.90 Å². The number of aliphatic hydroxyl groups is 3. The first-order valence-electron chi connectivity index (χ1n) is 4.91. The maximum Gasteiger partial charge on any atom is 0.0988 e. The Balaban J connectivity index is 2.44. The summed E-state index contributed by atoms with van der Waals surface area (Å²) in [5, 5.41) is 27.9. The molecule has 3 N–H and O–H groups in total. The molecule has 3 atom stereocenters. The van der Waals surface area contributed by atoms with E-state index in [0.717, 1.165) is 19.4 Å². The second-order valence-corrected chi connectivity index (χ2v) is 3.66. The summed E-state index contributed by atoms with van der Waals surface area (Å²) in [5.74, 6) is 0. The van der Waals surface area contributed by atoms with Gasteiger partial charge in [0, 0.05) is 6.54 Å². The monoisotopic (exact) mass is 189 g/mol. The lowest BCUT2D eigenvalue weighted by molar-refractivity contribution is 0.0216. The summed E-state index contributed by atoms with van der Waals surface area (Å²) in [4.78, 5) is 1.96. The number of likely N-dealkylation sites (tertiary alicyclic amines) is 1. The summed E-state index contributed by atoms with van der Waals surface area (Å²) < 4.78 is 0. The van der Waals surface area contributed by atoms with Crippen LogP contribution in [0.3, 0.4) is 0 Å². The summed E-state index contributed by atoms with van der Waals surface area (Å²) in [5.41, 5.74) is 0. The molecule has 0 aromatic carbocycles. The molecule has 13 heavy (non-hydrogen) atoms. The molecule has 1 aliphatic heterocycles. The van der Waals surface area contributed by atoms with Crippen LogP contribution in [0.5, 0.6) is 0 Å². The maximum absolute atomic E-state index is 9.48. The number of aliphatic hydroxyl groups excluding tert-OH is 3. The molecule has 0 aromatic rings. The van der Waals surface area contributed by atoms with E-state index in [1.807, 2.05) is 4.90 Å². The Morgan fingerprint density at radius 2 is 2.08 bits per heavy atom. The molecule has 1 heterocycles. The molecule has 0 aromatic heterocycles. The molecule has 0 aliphatic carbocycles. The molecule has 0 amide bonds. The van der Waals surface area contributed by atoms with E-state index in [1.165, 1.54) is 0 Å². The summed E-state index contributed by atoms with van der Waals surface area (Å²) in [6.45, 7) is 3.33. The molecule has 1 saturated heterocycles. The van der Waals surface area contributed by atoms with Crippen molar-refractivity contribution in [2.45, 2.75) is 38.0 Å². The Kier molecular flexibility index (Phi) is 4.12. The minimum atomic E-state index is -0.790. The molecule has 4 nitrogen and oxygen atoms in total. The van der Waals surface area contributed by atoms with Crippen LogP contribution in [-0.4, -0.2) is 58.2 Å². The molecule has 78 valence electrons. The first-order chi connectivity index (χ1) is 6.20. The van der Waals surface area contributed by atoms with Gasteiger partial charge in [-0.1, -0.05) is 13.3 Å². The number of hydrogen-bond donors (Lipinski definition) is 3. The lowest BCUT2D eigenvalue weighted by atomic mass is 10.1. The van der Waals surface area contributed by atoms with Gasteiger partial charge in [0.25, 0.3) is 0 Å². The molecule has 0 spiro atoms. The topological polar surface area (TPSA) is 63.9 Å². The molecule has 1 aliphatic rings. The van der Waals surface area contributed by atoms with Crippen molar-refractivity contribution in [3.05, 3.63) is 0 Å². The molecule has 1 unspecified atom stereocenters. The molecule has 0 radical (unpaired) electrons. The molecule has 0 bridgehead atoms. The summed E-state index contributed by atoms with van der Waals surface area (Å²) >= 11 is 0. The van der Waals surface area contributed by atoms with Crippen LogP contribution >= 0.6 is 0 Å². The van der Waals surface area contributed by atoms with Gasteiger partial charge >= 0.3 is 0 Å². The standard InChI is InChI=1S/C9H19NO3/c1-2-3-4-10-5-8(12)9(13)7(10)6-11/h7-9,11-13H,2-6H2,1H3/t7?,8-,9-/m1/s1. The van der Waals surface area contributed by atoms with Gasteiger partial charge in [-0.3, -0.25) is 4.90 Å². The molecule has 0 saturated carbocycles. The SMILES string of the molecule is CCCCN1C[C@@H](O)[C@H](O)C1CO. The number of nitrogens with zero attached hydrogens (tertiary/aromatic N) is 1. The fourth-order valence-electron chi connectivity index (χ4n) is 1.80. The number of rotatable bonds is 4. The number of hydrogen-bond acceptors (Lipinski definition) is 4. The lowest BCUT2D eigenvalue weighted by Crippen LogP contribution is -2.39. The van der Waals surface area contributed by atoms with Gasteiger partial charge in [0.1, 0.15) is 0 Å². The van der Waals surface area contributed by atoms with Gasteiger partial charge in [0.2, 0.25) is 0 Å². The van der Waals surface area contributed by atoms with Crippen molar-refractivity contribution >= 4 is 0 Å². The van der Waals surface area contributed by atoms with Crippen LogP contribution in [0.15, 0.2) is 0 Å². The van der Waals surface area contributed by atoms with E-state index < -0.39 is 12.2 Å². The van der Waals surface area contributed by atoms with Crippen molar-refractivity contribution < 1.29 is 15.3 Å². The summed E-state index contributed by atoms with van der Waals surface area (Å²) in [6, 6.07) is -0.276. The van der Waals surface area contributed by atoms with E-state index in [-0.39, 0.29) is 12.6 Å². The van der Waals surface area contributed by atoms with Crippen LogP contribution in [0.4, 0.5) is 0 Å². The van der Waals surface area contributed by atoms with Crippen molar-refractivity contribution in [1.29, 1.82) is 0 Å². The predicted octanol–water partition coefficient (Wildman–Crippen LogP) is -0.815. The Labute approximate surface area is 78.8 Å². The van der Waals surface area contributed by atoms with E-state index in [0.29, 0.717) is 6.54 Å². The highest BCUT2D eigenvalue weighted by Gasteiger charge is 2.38. The van der Waals surface area contributed by atoms with Crippen molar-refractivity contribution in [2.75, 3.05) is 19.7 Å². The Morgan fingerprint density at radius 1 is 1.38 bits per heavy atom. The van der Waals surface area contributed by atoms with Crippen LogP contribution in [0.1, 0.15) is 19.8 Å². The van der Waals surface area contributed by atoms with E-state index in [1.54, 1.807) is 0 Å². The predicted molar refractivity (Wildman–Crippen MR) is 49.4 cm³/mol. The highest BCUT2D eigenvalue weighted by molar-refractivity contribution is 4.92. The highest BCUT2D eigenvalue weighted by atomic mass is 16.3. The number of β-amino-alcohol motifs (C(OH)–C–C–N with tert-alkyl or cyclic N) is 1. The Hall–Kier alpha value is -0.160. The van der Waals surface area contributed by atoms with Crippen LogP contribution in [0.25, 0.3) is 0 Å². The van der Waals surface area contributed by atoms with E-state index in [9.17, 15) is 10.2 Å². The number of unbranched alkanes of at least 4 members (excludes halogenated alkanes) is 1. The van der Waals surface area contributed by atoms with Gasteiger partial charge in [-0.2, -0.15) is 0 Å². The minimum Gasteiger partial charge on any atom is -0.395 e. The average Bonchev–Trinajstić information content (AvgIpc) is 2.39. The molecule has 4 heteroatoms. The first kappa shape index (κ1) is 10.9. The lowest BCUT2D eigenvalue weighted by Gasteiger charge is -2.23. The van der Waals surface area contributed by atoms with Crippen LogP contribution in [0.2, 0.25) is 0 Å². The fraction of sp³-hybridized carbons (Fsp3) is 1.00. The third-order valence-electron chi connectivity index (χ3n) is 2.66. The van der Waals surface area contributed by atoms with Crippen molar-refractivity contribution in [3.8, 4) is 0 Å². The Morgan fingerprint density at radius 3 is 2.62 bits per heavy atom.